The number of morpholine rings is 1. The van der Waals surface area contributed by atoms with Gasteiger partial charge in [-0.25, -0.2) is 9.98 Å². The van der Waals surface area contributed by atoms with E-state index >= 15 is 0 Å². The van der Waals surface area contributed by atoms with E-state index in [4.69, 9.17) is 9.73 Å². The molecule has 0 radical (unpaired) electrons. The van der Waals surface area contributed by atoms with Gasteiger partial charge in [-0.15, -0.1) is 11.3 Å². The molecule has 2 unspecified atom stereocenters. The third kappa shape index (κ3) is 4.46. The average Bonchev–Trinajstić information content (AvgIpc) is 3.15. The zero-order valence-electron chi connectivity index (χ0n) is 15.0. The van der Waals surface area contributed by atoms with Gasteiger partial charge in [-0.1, -0.05) is 0 Å². The summed E-state index contributed by atoms with van der Waals surface area (Å²) in [6.07, 6.45) is 2.85. The quantitative estimate of drug-likeness (QED) is 0.624. The Kier molecular flexibility index (Phi) is 6.08. The van der Waals surface area contributed by atoms with E-state index in [2.05, 4.69) is 34.4 Å². The lowest BCUT2D eigenvalue weighted by Gasteiger charge is -2.35. The van der Waals surface area contributed by atoms with Gasteiger partial charge in [-0.2, -0.15) is 0 Å². The molecule has 6 nitrogen and oxygen atoms in total. The third-order valence-corrected chi connectivity index (χ3v) is 5.74. The lowest BCUT2D eigenvalue weighted by Crippen LogP contribution is -2.51. The van der Waals surface area contributed by atoms with Crippen LogP contribution in [0.1, 0.15) is 35.3 Å². The van der Waals surface area contributed by atoms with Crippen molar-refractivity contribution in [1.82, 2.24) is 20.5 Å². The van der Waals surface area contributed by atoms with Crippen molar-refractivity contribution in [2.75, 3.05) is 32.8 Å². The van der Waals surface area contributed by atoms with Gasteiger partial charge < -0.3 is 15.4 Å². The normalized spacial score (nSPS) is 24.9. The second-order valence-electron chi connectivity index (χ2n) is 6.56. The molecule has 0 aliphatic carbocycles. The number of nitrogens with one attached hydrogen (secondary N) is 2. The molecule has 2 atom stereocenters. The summed E-state index contributed by atoms with van der Waals surface area (Å²) in [5.41, 5.74) is 1.09. The Morgan fingerprint density at radius 3 is 3.04 bits per heavy atom. The van der Waals surface area contributed by atoms with Crippen molar-refractivity contribution in [3.63, 3.8) is 0 Å². The van der Waals surface area contributed by atoms with Crippen LogP contribution in [0.2, 0.25) is 0 Å². The maximum absolute atomic E-state index is 6.01. The summed E-state index contributed by atoms with van der Waals surface area (Å²) >= 11 is 1.73. The number of aliphatic imine (C=N–C) groups is 1. The standard InChI is InChI=1S/C17H29N5OS/c1-4-18-17(20-9-16-12(2)21-13(3)24-16)19-8-15-10-22-7-5-6-14(22)11-23-15/h14-15H,4-11H2,1-3H3,(H2,18,19,20). The predicted octanol–water partition coefficient (Wildman–Crippen LogP) is 1.68. The van der Waals surface area contributed by atoms with Crippen LogP contribution >= 0.6 is 11.3 Å². The Bertz CT molecular complexity index is 573. The van der Waals surface area contributed by atoms with Crippen LogP contribution in [0.3, 0.4) is 0 Å². The molecule has 0 spiro atoms. The molecule has 2 saturated heterocycles. The Labute approximate surface area is 148 Å². The summed E-state index contributed by atoms with van der Waals surface area (Å²) in [5.74, 6) is 0.857. The van der Waals surface area contributed by atoms with Gasteiger partial charge in [0, 0.05) is 30.6 Å². The van der Waals surface area contributed by atoms with E-state index in [9.17, 15) is 0 Å². The minimum Gasteiger partial charge on any atom is -0.373 e. The first-order valence-corrected chi connectivity index (χ1v) is 9.78. The van der Waals surface area contributed by atoms with Crippen LogP contribution in [-0.4, -0.2) is 60.8 Å². The fraction of sp³-hybridized carbons (Fsp3) is 0.765. The maximum Gasteiger partial charge on any atom is 0.191 e. The van der Waals surface area contributed by atoms with E-state index in [1.54, 1.807) is 11.3 Å². The molecule has 2 N–H and O–H groups in total. The second-order valence-corrected chi connectivity index (χ2v) is 7.85. The summed E-state index contributed by atoms with van der Waals surface area (Å²) in [6.45, 7) is 11.6. The zero-order chi connectivity index (χ0) is 16.9. The van der Waals surface area contributed by atoms with E-state index in [1.807, 2.05) is 6.92 Å². The number of fused-ring (bicyclic) bond motifs is 1. The molecule has 1 aromatic rings. The Hall–Kier alpha value is -1.18. The highest BCUT2D eigenvalue weighted by atomic mass is 32.1. The molecule has 2 aliphatic rings. The third-order valence-electron chi connectivity index (χ3n) is 4.68. The number of nitrogens with zero attached hydrogens (tertiary/aromatic N) is 3. The van der Waals surface area contributed by atoms with E-state index in [1.165, 1.54) is 24.3 Å². The number of ether oxygens (including phenoxy) is 1. The van der Waals surface area contributed by atoms with Crippen molar-refractivity contribution in [1.29, 1.82) is 0 Å². The number of rotatable bonds is 5. The fourth-order valence-electron chi connectivity index (χ4n) is 3.43. The zero-order valence-corrected chi connectivity index (χ0v) is 15.8. The van der Waals surface area contributed by atoms with Crippen molar-refractivity contribution in [2.45, 2.75) is 52.3 Å². The lowest BCUT2D eigenvalue weighted by molar-refractivity contribution is -0.0453. The van der Waals surface area contributed by atoms with Crippen LogP contribution in [0.15, 0.2) is 4.99 Å². The molecule has 0 bridgehead atoms. The van der Waals surface area contributed by atoms with Gasteiger partial charge in [0.15, 0.2) is 5.96 Å². The molecule has 0 saturated carbocycles. The number of thiazole rings is 1. The van der Waals surface area contributed by atoms with E-state index in [0.29, 0.717) is 12.6 Å². The van der Waals surface area contributed by atoms with Crippen LogP contribution in [0.4, 0.5) is 0 Å². The van der Waals surface area contributed by atoms with Crippen molar-refractivity contribution in [2.24, 2.45) is 4.99 Å². The minimum atomic E-state index is 0.246. The Morgan fingerprint density at radius 2 is 2.29 bits per heavy atom. The van der Waals surface area contributed by atoms with Crippen molar-refractivity contribution in [3.8, 4) is 0 Å². The van der Waals surface area contributed by atoms with Gasteiger partial charge >= 0.3 is 0 Å². The number of hydrogen-bond acceptors (Lipinski definition) is 5. The molecular weight excluding hydrogens is 322 g/mol. The highest BCUT2D eigenvalue weighted by Gasteiger charge is 2.32. The highest BCUT2D eigenvalue weighted by molar-refractivity contribution is 7.11. The summed E-state index contributed by atoms with van der Waals surface area (Å²) in [6, 6.07) is 0.653. The molecule has 3 rings (SSSR count). The summed E-state index contributed by atoms with van der Waals surface area (Å²) < 4.78 is 6.01. The molecular formula is C17H29N5OS. The van der Waals surface area contributed by atoms with Gasteiger partial charge in [0.25, 0.3) is 0 Å². The summed E-state index contributed by atoms with van der Waals surface area (Å²) in [5, 5.41) is 7.86. The number of aromatic nitrogens is 1. The van der Waals surface area contributed by atoms with Gasteiger partial charge in [0.1, 0.15) is 0 Å². The van der Waals surface area contributed by atoms with Crippen molar-refractivity contribution < 1.29 is 4.74 Å². The van der Waals surface area contributed by atoms with Crippen LogP contribution in [0, 0.1) is 13.8 Å². The highest BCUT2D eigenvalue weighted by Crippen LogP contribution is 2.22. The van der Waals surface area contributed by atoms with Gasteiger partial charge in [0.2, 0.25) is 0 Å². The van der Waals surface area contributed by atoms with E-state index in [0.717, 1.165) is 42.9 Å². The van der Waals surface area contributed by atoms with Crippen LogP contribution < -0.4 is 10.6 Å². The summed E-state index contributed by atoms with van der Waals surface area (Å²) in [7, 11) is 0. The van der Waals surface area contributed by atoms with Gasteiger partial charge in [-0.05, 0) is 40.2 Å². The molecule has 2 aliphatic heterocycles. The van der Waals surface area contributed by atoms with E-state index in [-0.39, 0.29) is 6.10 Å². The first kappa shape index (κ1) is 17.6. The largest absolute Gasteiger partial charge is 0.373 e. The fourth-order valence-corrected chi connectivity index (χ4v) is 4.29. The smallest absolute Gasteiger partial charge is 0.191 e. The summed E-state index contributed by atoms with van der Waals surface area (Å²) in [4.78, 5) is 13.0. The number of hydrogen-bond donors (Lipinski definition) is 2. The van der Waals surface area contributed by atoms with Crippen LogP contribution in [0.25, 0.3) is 0 Å². The first-order chi connectivity index (χ1) is 11.7. The monoisotopic (exact) mass is 351 g/mol. The molecule has 3 heterocycles. The maximum atomic E-state index is 6.01. The SMILES string of the molecule is CCNC(=NCc1sc(C)nc1C)NCC1CN2CCCC2CO1. The van der Waals surface area contributed by atoms with Gasteiger partial charge in [-0.3, -0.25) is 4.90 Å². The van der Waals surface area contributed by atoms with Gasteiger partial charge in [0.05, 0.1) is 30.0 Å². The molecule has 134 valence electrons. The number of guanidine groups is 1. The Balaban J connectivity index is 1.51. The molecule has 0 aromatic carbocycles. The molecule has 7 heteroatoms. The van der Waals surface area contributed by atoms with Crippen molar-refractivity contribution in [3.05, 3.63) is 15.6 Å². The second kappa shape index (κ2) is 8.27. The average molecular weight is 352 g/mol. The Morgan fingerprint density at radius 1 is 1.42 bits per heavy atom. The lowest BCUT2D eigenvalue weighted by atomic mass is 10.2. The number of aryl methyl sites for hydroxylation is 2. The molecule has 24 heavy (non-hydrogen) atoms. The van der Waals surface area contributed by atoms with Crippen LogP contribution in [0.5, 0.6) is 0 Å². The molecule has 0 amide bonds. The minimum absolute atomic E-state index is 0.246. The van der Waals surface area contributed by atoms with E-state index < -0.39 is 0 Å². The molecule has 1 aromatic heterocycles. The van der Waals surface area contributed by atoms with Crippen LogP contribution in [-0.2, 0) is 11.3 Å². The van der Waals surface area contributed by atoms with Crippen molar-refractivity contribution >= 4 is 17.3 Å². The molecule has 2 fully saturated rings. The topological polar surface area (TPSA) is 61.8 Å². The first-order valence-electron chi connectivity index (χ1n) is 8.96. The predicted molar refractivity (Wildman–Crippen MR) is 98.7 cm³/mol.